The first-order chi connectivity index (χ1) is 11.5. The zero-order valence-corrected chi connectivity index (χ0v) is 15.2. The lowest BCUT2D eigenvalue weighted by Gasteiger charge is -2.31. The molecule has 0 N–H and O–H groups in total. The summed E-state index contributed by atoms with van der Waals surface area (Å²) in [5.74, 6) is 0.0534. The van der Waals surface area contributed by atoms with Crippen molar-refractivity contribution in [2.45, 2.75) is 49.5 Å². The van der Waals surface area contributed by atoms with Crippen LogP contribution in [0.1, 0.15) is 42.7 Å². The predicted octanol–water partition coefficient (Wildman–Crippen LogP) is 5.08. The summed E-state index contributed by atoms with van der Waals surface area (Å²) in [6, 6.07) is 14.4. The molecule has 0 heterocycles. The molecule has 1 saturated carbocycles. The van der Waals surface area contributed by atoms with Gasteiger partial charge in [0.05, 0.1) is 11.0 Å². The van der Waals surface area contributed by atoms with Gasteiger partial charge < -0.3 is 0 Å². The third-order valence-electron chi connectivity index (χ3n) is 4.54. The van der Waals surface area contributed by atoms with Gasteiger partial charge in [-0.1, -0.05) is 54.3 Å². The molecule has 128 valence electrons. The first-order valence-corrected chi connectivity index (χ1v) is 10.00. The first kappa shape index (κ1) is 17.5. The summed E-state index contributed by atoms with van der Waals surface area (Å²) in [5, 5.41) is 0.665. The highest BCUT2D eigenvalue weighted by atomic mass is 35.5. The Morgan fingerprint density at radius 1 is 1.04 bits per heavy atom. The normalized spacial score (nSPS) is 21.6. The van der Waals surface area contributed by atoms with E-state index in [1.165, 1.54) is 0 Å². The molecule has 3 rings (SSSR count). The fourth-order valence-corrected chi connectivity index (χ4v) is 4.59. The predicted molar refractivity (Wildman–Crippen MR) is 95.9 cm³/mol. The molecule has 5 heteroatoms. The molecule has 2 aromatic rings. The van der Waals surface area contributed by atoms with Gasteiger partial charge in [-0.3, -0.25) is 4.18 Å². The minimum Gasteiger partial charge on any atom is -0.262 e. The van der Waals surface area contributed by atoms with Gasteiger partial charge in [-0.25, -0.2) is 0 Å². The summed E-state index contributed by atoms with van der Waals surface area (Å²) in [7, 11) is -3.76. The molecule has 0 saturated heterocycles. The fraction of sp³-hybridized carbons (Fsp3) is 0.368. The third-order valence-corrected chi connectivity index (χ3v) is 6.12. The maximum Gasteiger partial charge on any atom is 0.297 e. The zero-order chi connectivity index (χ0) is 17.2. The molecule has 1 aliphatic rings. The maximum absolute atomic E-state index is 12.6. The van der Waals surface area contributed by atoms with Crippen molar-refractivity contribution in [2.24, 2.45) is 0 Å². The van der Waals surface area contributed by atoms with Gasteiger partial charge in [0.25, 0.3) is 10.1 Å². The second kappa shape index (κ2) is 7.26. The van der Waals surface area contributed by atoms with Crippen molar-refractivity contribution >= 4 is 21.7 Å². The molecular formula is C19H21ClO3S. The van der Waals surface area contributed by atoms with E-state index in [0.717, 1.165) is 36.8 Å². The van der Waals surface area contributed by atoms with Crippen LogP contribution in [0.5, 0.6) is 0 Å². The van der Waals surface area contributed by atoms with Crippen molar-refractivity contribution in [1.82, 2.24) is 0 Å². The number of aryl methyl sites for hydroxylation is 1. The average Bonchev–Trinajstić information content (AvgIpc) is 2.55. The van der Waals surface area contributed by atoms with Gasteiger partial charge in [0.1, 0.15) is 0 Å². The highest BCUT2D eigenvalue weighted by molar-refractivity contribution is 7.86. The Bertz CT molecular complexity index is 800. The third kappa shape index (κ3) is 4.00. The van der Waals surface area contributed by atoms with Gasteiger partial charge in [0, 0.05) is 10.9 Å². The largest absolute Gasteiger partial charge is 0.297 e. The van der Waals surface area contributed by atoms with Crippen molar-refractivity contribution in [3.8, 4) is 0 Å². The molecule has 2 unspecified atom stereocenters. The van der Waals surface area contributed by atoms with E-state index in [-0.39, 0.29) is 16.9 Å². The van der Waals surface area contributed by atoms with Crippen LogP contribution >= 0.6 is 11.6 Å². The van der Waals surface area contributed by atoms with E-state index in [1.54, 1.807) is 24.3 Å². The minimum absolute atomic E-state index is 0.0534. The molecule has 0 spiro atoms. The first-order valence-electron chi connectivity index (χ1n) is 8.21. The molecule has 0 aromatic heterocycles. The van der Waals surface area contributed by atoms with E-state index in [0.29, 0.717) is 5.02 Å². The van der Waals surface area contributed by atoms with Crippen molar-refractivity contribution in [2.75, 3.05) is 0 Å². The van der Waals surface area contributed by atoms with Crippen LogP contribution in [0.3, 0.4) is 0 Å². The van der Waals surface area contributed by atoms with Crippen molar-refractivity contribution in [1.29, 1.82) is 0 Å². The van der Waals surface area contributed by atoms with Crippen LogP contribution in [-0.2, 0) is 14.3 Å². The zero-order valence-electron chi connectivity index (χ0n) is 13.6. The lowest BCUT2D eigenvalue weighted by molar-refractivity contribution is 0.137. The molecule has 0 bridgehead atoms. The van der Waals surface area contributed by atoms with Gasteiger partial charge in [0.2, 0.25) is 0 Å². The van der Waals surface area contributed by atoms with E-state index in [1.807, 2.05) is 31.2 Å². The summed E-state index contributed by atoms with van der Waals surface area (Å²) >= 11 is 6.10. The highest BCUT2D eigenvalue weighted by Gasteiger charge is 2.32. The number of rotatable bonds is 4. The Kier molecular flexibility index (Phi) is 5.28. The Morgan fingerprint density at radius 3 is 2.46 bits per heavy atom. The van der Waals surface area contributed by atoms with Crippen molar-refractivity contribution in [3.05, 3.63) is 64.7 Å². The second-order valence-electron chi connectivity index (χ2n) is 6.35. The summed E-state index contributed by atoms with van der Waals surface area (Å²) in [6.07, 6.45) is 3.35. The molecule has 0 amide bonds. The van der Waals surface area contributed by atoms with Gasteiger partial charge in [-0.2, -0.15) is 8.42 Å². The van der Waals surface area contributed by atoms with E-state index in [2.05, 4.69) is 0 Å². The monoisotopic (exact) mass is 364 g/mol. The van der Waals surface area contributed by atoms with E-state index in [4.69, 9.17) is 15.8 Å². The number of benzene rings is 2. The van der Waals surface area contributed by atoms with Crippen LogP contribution in [0.15, 0.2) is 53.4 Å². The summed E-state index contributed by atoms with van der Waals surface area (Å²) in [5.41, 5.74) is 2.06. The Morgan fingerprint density at radius 2 is 1.75 bits per heavy atom. The summed E-state index contributed by atoms with van der Waals surface area (Å²) in [4.78, 5) is 0.212. The molecule has 2 atom stereocenters. The van der Waals surface area contributed by atoms with Gasteiger partial charge in [-0.15, -0.1) is 0 Å². The van der Waals surface area contributed by atoms with E-state index < -0.39 is 10.1 Å². The molecule has 0 radical (unpaired) electrons. The molecule has 24 heavy (non-hydrogen) atoms. The lowest BCUT2D eigenvalue weighted by atomic mass is 9.82. The molecule has 3 nitrogen and oxygen atoms in total. The Balaban J connectivity index is 1.84. The molecule has 0 aliphatic heterocycles. The smallest absolute Gasteiger partial charge is 0.262 e. The number of halogens is 1. The maximum atomic E-state index is 12.6. The van der Waals surface area contributed by atoms with Crippen molar-refractivity contribution < 1.29 is 12.6 Å². The van der Waals surface area contributed by atoms with E-state index >= 15 is 0 Å². The van der Waals surface area contributed by atoms with Gasteiger partial charge >= 0.3 is 0 Å². The topological polar surface area (TPSA) is 43.4 Å². The summed E-state index contributed by atoms with van der Waals surface area (Å²) in [6.45, 7) is 1.92. The number of hydrogen-bond donors (Lipinski definition) is 0. The molecule has 2 aromatic carbocycles. The van der Waals surface area contributed by atoms with Crippen LogP contribution < -0.4 is 0 Å². The van der Waals surface area contributed by atoms with Crippen LogP contribution in [0, 0.1) is 6.92 Å². The molecule has 1 aliphatic carbocycles. The number of hydrogen-bond acceptors (Lipinski definition) is 3. The second-order valence-corrected chi connectivity index (χ2v) is 8.36. The van der Waals surface area contributed by atoms with E-state index in [9.17, 15) is 8.42 Å². The fourth-order valence-electron chi connectivity index (χ4n) is 3.25. The minimum atomic E-state index is -3.76. The van der Waals surface area contributed by atoms with Crippen LogP contribution in [0.2, 0.25) is 5.02 Å². The van der Waals surface area contributed by atoms with Crippen molar-refractivity contribution in [3.63, 3.8) is 0 Å². The quantitative estimate of drug-likeness (QED) is 0.710. The average molecular weight is 365 g/mol. The molecule has 1 fully saturated rings. The Labute approximate surface area is 148 Å². The lowest BCUT2D eigenvalue weighted by Crippen LogP contribution is -2.28. The van der Waals surface area contributed by atoms with Gasteiger partial charge in [0.15, 0.2) is 0 Å². The van der Waals surface area contributed by atoms with Crippen LogP contribution in [-0.4, -0.2) is 14.5 Å². The Hall–Kier alpha value is -1.36. The standard InChI is InChI=1S/C19H21ClO3S/c1-14-9-11-17(12-10-14)24(21,22)23-19-8-3-2-7-18(19)15-5-4-6-16(20)13-15/h4-6,9-13,18-19H,2-3,7-8H2,1H3. The van der Waals surface area contributed by atoms with Gasteiger partial charge in [-0.05, 0) is 49.6 Å². The highest BCUT2D eigenvalue weighted by Crippen LogP contribution is 2.37. The van der Waals surface area contributed by atoms with Crippen LogP contribution in [0.4, 0.5) is 0 Å². The summed E-state index contributed by atoms with van der Waals surface area (Å²) < 4.78 is 30.9. The van der Waals surface area contributed by atoms with Crippen LogP contribution in [0.25, 0.3) is 0 Å². The SMILES string of the molecule is Cc1ccc(S(=O)(=O)OC2CCCCC2c2cccc(Cl)c2)cc1. The molecular weight excluding hydrogens is 344 g/mol.